The molecule has 1 unspecified atom stereocenters. The molecule has 4 rings (SSSR count). The Hall–Kier alpha value is -3.43. The summed E-state index contributed by atoms with van der Waals surface area (Å²) in [4.78, 5) is 13.0. The molecule has 0 bridgehead atoms. The van der Waals surface area contributed by atoms with Crippen molar-refractivity contribution in [1.82, 2.24) is 19.7 Å². The summed E-state index contributed by atoms with van der Waals surface area (Å²) in [6.07, 6.45) is 4.80. The molecule has 0 aliphatic carbocycles. The molecule has 2 aromatic heterocycles. The smallest absolute Gasteiger partial charge is 0.219 e. The van der Waals surface area contributed by atoms with Gasteiger partial charge >= 0.3 is 0 Å². The van der Waals surface area contributed by atoms with Crippen molar-refractivity contribution < 1.29 is 9.47 Å². The minimum Gasteiger partial charge on any atom is -0.491 e. The van der Waals surface area contributed by atoms with Crippen LogP contribution in [0.25, 0.3) is 0 Å². The van der Waals surface area contributed by atoms with Crippen LogP contribution in [0.2, 0.25) is 0 Å². The van der Waals surface area contributed by atoms with E-state index >= 15 is 0 Å². The monoisotopic (exact) mass is 435 g/mol. The van der Waals surface area contributed by atoms with Crippen LogP contribution in [-0.4, -0.2) is 52.2 Å². The number of ether oxygens (including phenoxy) is 2. The number of hydrogen-bond donors (Lipinski definition) is 1. The Labute approximate surface area is 188 Å². The van der Waals surface area contributed by atoms with E-state index in [4.69, 9.17) is 15.2 Å². The fourth-order valence-electron chi connectivity index (χ4n) is 3.51. The molecule has 1 atom stereocenters. The summed E-state index contributed by atoms with van der Waals surface area (Å²) in [6.45, 7) is 7.83. The third-order valence-corrected chi connectivity index (χ3v) is 5.37. The van der Waals surface area contributed by atoms with E-state index in [2.05, 4.69) is 33.8 Å². The van der Waals surface area contributed by atoms with Crippen LogP contribution in [0.4, 0.5) is 11.5 Å². The SMILES string of the molecule is CCN(CC)CCOc1ccc(Oc2ccc3c(c2)C(N)N=CN3c2ccn(C)n2)nc1. The summed E-state index contributed by atoms with van der Waals surface area (Å²) in [5.41, 5.74) is 7.99. The van der Waals surface area contributed by atoms with E-state index in [-0.39, 0.29) is 0 Å². The van der Waals surface area contributed by atoms with Crippen molar-refractivity contribution in [2.75, 3.05) is 31.1 Å². The molecule has 32 heavy (non-hydrogen) atoms. The van der Waals surface area contributed by atoms with Gasteiger partial charge in [-0.2, -0.15) is 5.10 Å². The number of anilines is 2. The number of fused-ring (bicyclic) bond motifs is 1. The quantitative estimate of drug-likeness (QED) is 0.550. The van der Waals surface area contributed by atoms with E-state index < -0.39 is 6.17 Å². The minimum atomic E-state index is -0.469. The topological polar surface area (TPSA) is 94.0 Å². The van der Waals surface area contributed by atoms with Gasteiger partial charge in [0, 0.05) is 37.5 Å². The lowest BCUT2D eigenvalue weighted by Gasteiger charge is -2.27. The van der Waals surface area contributed by atoms with Gasteiger partial charge in [0.1, 0.15) is 24.3 Å². The molecule has 9 heteroatoms. The highest BCUT2D eigenvalue weighted by Crippen LogP contribution is 2.36. The lowest BCUT2D eigenvalue weighted by atomic mass is 10.1. The van der Waals surface area contributed by atoms with Gasteiger partial charge in [0.25, 0.3) is 0 Å². The molecule has 1 aliphatic heterocycles. The summed E-state index contributed by atoms with van der Waals surface area (Å²) >= 11 is 0. The Morgan fingerprint density at radius 3 is 2.59 bits per heavy atom. The second kappa shape index (κ2) is 9.80. The first-order valence-corrected chi connectivity index (χ1v) is 10.8. The molecule has 0 saturated carbocycles. The summed E-state index contributed by atoms with van der Waals surface area (Å²) in [7, 11) is 1.88. The Bertz CT molecular complexity index is 1060. The summed E-state index contributed by atoms with van der Waals surface area (Å²) in [5.74, 6) is 2.61. The zero-order chi connectivity index (χ0) is 22.5. The first-order valence-electron chi connectivity index (χ1n) is 10.8. The third-order valence-electron chi connectivity index (χ3n) is 5.37. The van der Waals surface area contributed by atoms with E-state index in [0.717, 1.165) is 42.5 Å². The molecule has 0 spiro atoms. The maximum absolute atomic E-state index is 6.22. The number of nitrogens with zero attached hydrogens (tertiary/aromatic N) is 6. The lowest BCUT2D eigenvalue weighted by molar-refractivity contribution is 0.222. The molecule has 1 aliphatic rings. The van der Waals surface area contributed by atoms with Crippen LogP contribution in [-0.2, 0) is 7.05 Å². The number of benzene rings is 1. The van der Waals surface area contributed by atoms with Crippen LogP contribution >= 0.6 is 0 Å². The summed E-state index contributed by atoms with van der Waals surface area (Å²) < 4.78 is 13.5. The lowest BCUT2D eigenvalue weighted by Crippen LogP contribution is -2.27. The highest BCUT2D eigenvalue weighted by molar-refractivity contribution is 5.91. The predicted octanol–water partition coefficient (Wildman–Crippen LogP) is 3.47. The fourth-order valence-corrected chi connectivity index (χ4v) is 3.51. The fraction of sp³-hybridized carbons (Fsp3) is 0.348. The Balaban J connectivity index is 1.43. The summed E-state index contributed by atoms with van der Waals surface area (Å²) in [6, 6.07) is 11.3. The van der Waals surface area contributed by atoms with Crippen LogP contribution in [0.3, 0.4) is 0 Å². The number of aromatic nitrogens is 3. The van der Waals surface area contributed by atoms with Crippen LogP contribution in [0.5, 0.6) is 17.4 Å². The molecule has 0 radical (unpaired) electrons. The molecule has 2 N–H and O–H groups in total. The Morgan fingerprint density at radius 2 is 1.91 bits per heavy atom. The van der Waals surface area contributed by atoms with E-state index in [1.807, 2.05) is 48.5 Å². The first kappa shape index (κ1) is 21.8. The first-order chi connectivity index (χ1) is 15.6. The molecule has 1 aromatic carbocycles. The van der Waals surface area contributed by atoms with Crippen molar-refractivity contribution in [3.05, 3.63) is 54.4 Å². The van der Waals surface area contributed by atoms with Gasteiger partial charge in [0.15, 0.2) is 5.82 Å². The molecule has 168 valence electrons. The molecule has 0 saturated heterocycles. The number of aryl methyl sites for hydroxylation is 1. The van der Waals surface area contributed by atoms with Crippen molar-refractivity contribution >= 4 is 17.8 Å². The summed E-state index contributed by atoms with van der Waals surface area (Å²) in [5, 5.41) is 4.45. The van der Waals surface area contributed by atoms with E-state index in [9.17, 15) is 0 Å². The van der Waals surface area contributed by atoms with Crippen molar-refractivity contribution in [1.29, 1.82) is 0 Å². The van der Waals surface area contributed by atoms with Gasteiger partial charge in [-0.15, -0.1) is 0 Å². The maximum atomic E-state index is 6.22. The number of nitrogens with two attached hydrogens (primary N) is 1. The normalized spacial score (nSPS) is 15.2. The Morgan fingerprint density at radius 1 is 1.09 bits per heavy atom. The molecule has 3 aromatic rings. The van der Waals surface area contributed by atoms with Crippen molar-refractivity contribution in [2.45, 2.75) is 20.0 Å². The average molecular weight is 436 g/mol. The number of rotatable bonds is 9. The van der Waals surface area contributed by atoms with Crippen LogP contribution in [0.1, 0.15) is 25.6 Å². The molecule has 0 fully saturated rings. The highest BCUT2D eigenvalue weighted by atomic mass is 16.5. The standard InChI is InChI=1S/C23H29N7O2/c1-4-29(5-2)12-13-31-18-7-9-22(25-15-18)32-17-6-8-20-19(14-17)23(24)26-16-30(20)21-10-11-28(3)27-21/h6-11,14-16,23H,4-5,12-13,24H2,1-3H3. The van der Waals surface area contributed by atoms with Crippen LogP contribution in [0.15, 0.2) is 53.8 Å². The van der Waals surface area contributed by atoms with Gasteiger partial charge in [-0.25, -0.2) is 4.98 Å². The van der Waals surface area contributed by atoms with Crippen LogP contribution < -0.4 is 20.1 Å². The van der Waals surface area contributed by atoms with Gasteiger partial charge in [-0.05, 0) is 37.4 Å². The van der Waals surface area contributed by atoms with Crippen molar-refractivity contribution in [2.24, 2.45) is 17.8 Å². The van der Waals surface area contributed by atoms with Gasteiger partial charge in [-0.1, -0.05) is 13.8 Å². The highest BCUT2D eigenvalue weighted by Gasteiger charge is 2.22. The van der Waals surface area contributed by atoms with Crippen molar-refractivity contribution in [3.8, 4) is 17.4 Å². The average Bonchev–Trinajstić information content (AvgIpc) is 3.24. The second-order valence-electron chi connectivity index (χ2n) is 7.46. The van der Waals surface area contributed by atoms with E-state index in [1.54, 1.807) is 23.3 Å². The largest absolute Gasteiger partial charge is 0.491 e. The van der Waals surface area contributed by atoms with Gasteiger partial charge in [0.2, 0.25) is 5.88 Å². The number of hydrogen-bond acceptors (Lipinski definition) is 8. The number of likely N-dealkylation sites (N-methyl/N-ethyl adjacent to an activating group) is 1. The molecule has 3 heterocycles. The second-order valence-corrected chi connectivity index (χ2v) is 7.46. The molecule has 0 amide bonds. The van der Waals surface area contributed by atoms with Gasteiger partial charge in [0.05, 0.1) is 18.2 Å². The van der Waals surface area contributed by atoms with Crippen LogP contribution in [0, 0.1) is 0 Å². The van der Waals surface area contributed by atoms with Gasteiger partial charge in [-0.3, -0.25) is 14.6 Å². The predicted molar refractivity (Wildman–Crippen MR) is 125 cm³/mol. The maximum Gasteiger partial charge on any atom is 0.219 e. The molecular weight excluding hydrogens is 406 g/mol. The zero-order valence-electron chi connectivity index (χ0n) is 18.7. The van der Waals surface area contributed by atoms with Crippen molar-refractivity contribution in [3.63, 3.8) is 0 Å². The zero-order valence-corrected chi connectivity index (χ0v) is 18.7. The minimum absolute atomic E-state index is 0.469. The van der Waals surface area contributed by atoms with E-state index in [1.165, 1.54) is 0 Å². The number of pyridine rings is 1. The third kappa shape index (κ3) is 4.90. The number of aliphatic imine (C=N–C) groups is 1. The van der Waals surface area contributed by atoms with E-state index in [0.29, 0.717) is 18.2 Å². The van der Waals surface area contributed by atoms with Gasteiger partial charge < -0.3 is 20.1 Å². The Kier molecular flexibility index (Phi) is 6.67. The molecule has 9 nitrogen and oxygen atoms in total. The molecular formula is C23H29N7O2.